The molecule has 1 aliphatic carbocycles. The Balaban J connectivity index is 1.82. The molecule has 1 N–H and O–H groups in total. The lowest BCUT2D eigenvalue weighted by atomic mass is 9.94. The number of carbonyl (C=O) groups excluding carboxylic acids is 1. The third-order valence-electron chi connectivity index (χ3n) is 4.13. The van der Waals surface area contributed by atoms with E-state index in [-0.39, 0.29) is 5.91 Å². The number of nitrogens with zero attached hydrogens (tertiary/aromatic N) is 1. The predicted molar refractivity (Wildman–Crippen MR) is 69.8 cm³/mol. The van der Waals surface area contributed by atoms with Crippen molar-refractivity contribution in [3.63, 3.8) is 0 Å². The molecule has 2 aliphatic rings. The van der Waals surface area contributed by atoms with Crippen molar-refractivity contribution in [3.8, 4) is 0 Å². The second kappa shape index (κ2) is 5.85. The first-order valence-electron chi connectivity index (χ1n) is 7.13. The third-order valence-corrected chi connectivity index (χ3v) is 4.13. The van der Waals surface area contributed by atoms with Gasteiger partial charge in [0, 0.05) is 32.6 Å². The SMILES string of the molecule is CC(=O)NC1CC(C)CN(CC2CCCC2)C1. The summed E-state index contributed by atoms with van der Waals surface area (Å²) in [7, 11) is 0. The minimum absolute atomic E-state index is 0.116. The van der Waals surface area contributed by atoms with Gasteiger partial charge in [-0.15, -0.1) is 0 Å². The lowest BCUT2D eigenvalue weighted by molar-refractivity contribution is -0.120. The van der Waals surface area contributed by atoms with Crippen molar-refractivity contribution in [2.24, 2.45) is 11.8 Å². The molecule has 0 aromatic heterocycles. The van der Waals surface area contributed by atoms with Gasteiger partial charge in [0.25, 0.3) is 0 Å². The van der Waals surface area contributed by atoms with E-state index in [1.807, 2.05) is 0 Å². The van der Waals surface area contributed by atoms with Crippen molar-refractivity contribution < 1.29 is 4.79 Å². The van der Waals surface area contributed by atoms with Gasteiger partial charge in [-0.05, 0) is 31.1 Å². The molecule has 1 heterocycles. The molecule has 98 valence electrons. The molecule has 2 rings (SSSR count). The number of hydrogen-bond acceptors (Lipinski definition) is 2. The van der Waals surface area contributed by atoms with Gasteiger partial charge in [-0.1, -0.05) is 19.8 Å². The van der Waals surface area contributed by atoms with Gasteiger partial charge in [-0.2, -0.15) is 0 Å². The molecular weight excluding hydrogens is 212 g/mol. The van der Waals surface area contributed by atoms with Crippen molar-refractivity contribution >= 4 is 5.91 Å². The van der Waals surface area contributed by atoms with Gasteiger partial charge in [-0.25, -0.2) is 0 Å². The van der Waals surface area contributed by atoms with Crippen LogP contribution >= 0.6 is 0 Å². The van der Waals surface area contributed by atoms with Crippen molar-refractivity contribution in [2.45, 2.75) is 52.0 Å². The molecule has 0 radical (unpaired) electrons. The maximum atomic E-state index is 11.1. The lowest BCUT2D eigenvalue weighted by Gasteiger charge is -2.37. The van der Waals surface area contributed by atoms with Crippen LogP contribution in [0.15, 0.2) is 0 Å². The number of carbonyl (C=O) groups is 1. The molecule has 0 aromatic carbocycles. The first-order chi connectivity index (χ1) is 8.13. The van der Waals surface area contributed by atoms with Crippen LogP contribution in [-0.4, -0.2) is 36.5 Å². The molecule has 2 unspecified atom stereocenters. The van der Waals surface area contributed by atoms with Crippen LogP contribution < -0.4 is 5.32 Å². The Bertz CT molecular complexity index is 261. The molecule has 2 atom stereocenters. The summed E-state index contributed by atoms with van der Waals surface area (Å²) >= 11 is 0. The fourth-order valence-electron chi connectivity index (χ4n) is 3.56. The molecule has 1 aliphatic heterocycles. The Morgan fingerprint density at radius 3 is 2.65 bits per heavy atom. The van der Waals surface area contributed by atoms with E-state index in [9.17, 15) is 4.79 Å². The molecule has 1 amide bonds. The summed E-state index contributed by atoms with van der Waals surface area (Å²) in [5, 5.41) is 3.09. The minimum Gasteiger partial charge on any atom is -0.352 e. The Morgan fingerprint density at radius 1 is 1.29 bits per heavy atom. The summed E-state index contributed by atoms with van der Waals surface area (Å²) in [4.78, 5) is 13.7. The van der Waals surface area contributed by atoms with Crippen LogP contribution in [0.5, 0.6) is 0 Å². The van der Waals surface area contributed by atoms with Crippen LogP contribution in [0, 0.1) is 11.8 Å². The standard InChI is InChI=1S/C14H26N2O/c1-11-7-14(15-12(2)17)10-16(8-11)9-13-5-3-4-6-13/h11,13-14H,3-10H2,1-2H3,(H,15,17). The highest BCUT2D eigenvalue weighted by molar-refractivity contribution is 5.73. The van der Waals surface area contributed by atoms with E-state index >= 15 is 0 Å². The summed E-state index contributed by atoms with van der Waals surface area (Å²) in [6.45, 7) is 7.45. The average Bonchev–Trinajstić information content (AvgIpc) is 2.67. The lowest BCUT2D eigenvalue weighted by Crippen LogP contribution is -2.50. The summed E-state index contributed by atoms with van der Waals surface area (Å²) < 4.78 is 0. The highest BCUT2D eigenvalue weighted by Crippen LogP contribution is 2.27. The first-order valence-corrected chi connectivity index (χ1v) is 7.13. The number of nitrogens with one attached hydrogen (secondary N) is 1. The van der Waals surface area contributed by atoms with E-state index < -0.39 is 0 Å². The van der Waals surface area contributed by atoms with Gasteiger partial charge in [-0.3, -0.25) is 4.79 Å². The zero-order chi connectivity index (χ0) is 12.3. The van der Waals surface area contributed by atoms with Gasteiger partial charge in [0.05, 0.1) is 0 Å². The number of piperidine rings is 1. The van der Waals surface area contributed by atoms with Crippen molar-refractivity contribution in [2.75, 3.05) is 19.6 Å². The molecule has 2 fully saturated rings. The van der Waals surface area contributed by atoms with Gasteiger partial charge in [0.2, 0.25) is 5.91 Å². The second-order valence-corrected chi connectivity index (χ2v) is 6.11. The fourth-order valence-corrected chi connectivity index (χ4v) is 3.56. The zero-order valence-corrected chi connectivity index (χ0v) is 11.2. The minimum atomic E-state index is 0.116. The molecule has 1 saturated heterocycles. The van der Waals surface area contributed by atoms with E-state index in [2.05, 4.69) is 17.1 Å². The van der Waals surface area contributed by atoms with Crippen LogP contribution in [0.25, 0.3) is 0 Å². The van der Waals surface area contributed by atoms with E-state index in [1.165, 1.54) is 38.8 Å². The summed E-state index contributed by atoms with van der Waals surface area (Å²) in [6.07, 6.45) is 6.80. The molecule has 0 bridgehead atoms. The highest BCUT2D eigenvalue weighted by Gasteiger charge is 2.27. The molecular formula is C14H26N2O. The summed E-state index contributed by atoms with van der Waals surface area (Å²) in [6, 6.07) is 0.373. The van der Waals surface area contributed by atoms with Crippen molar-refractivity contribution in [1.82, 2.24) is 10.2 Å². The monoisotopic (exact) mass is 238 g/mol. The Hall–Kier alpha value is -0.570. The molecule has 3 heteroatoms. The molecule has 17 heavy (non-hydrogen) atoms. The van der Waals surface area contributed by atoms with Gasteiger partial charge >= 0.3 is 0 Å². The molecule has 0 spiro atoms. The summed E-state index contributed by atoms with van der Waals surface area (Å²) in [5.74, 6) is 1.74. The molecule has 1 saturated carbocycles. The normalized spacial score (nSPS) is 31.6. The largest absolute Gasteiger partial charge is 0.352 e. The second-order valence-electron chi connectivity index (χ2n) is 6.11. The smallest absolute Gasteiger partial charge is 0.217 e. The van der Waals surface area contributed by atoms with Crippen LogP contribution in [0.1, 0.15) is 46.0 Å². The first kappa shape index (κ1) is 12.9. The average molecular weight is 238 g/mol. The topological polar surface area (TPSA) is 32.3 Å². The van der Waals surface area contributed by atoms with Crippen LogP contribution in [0.4, 0.5) is 0 Å². The van der Waals surface area contributed by atoms with E-state index in [4.69, 9.17) is 0 Å². The van der Waals surface area contributed by atoms with Gasteiger partial charge in [0.15, 0.2) is 0 Å². The fraction of sp³-hybridized carbons (Fsp3) is 0.929. The molecule has 3 nitrogen and oxygen atoms in total. The quantitative estimate of drug-likeness (QED) is 0.816. The Kier molecular flexibility index (Phi) is 4.43. The van der Waals surface area contributed by atoms with E-state index in [0.717, 1.165) is 18.9 Å². The maximum absolute atomic E-state index is 11.1. The predicted octanol–water partition coefficient (Wildman–Crippen LogP) is 2.02. The van der Waals surface area contributed by atoms with E-state index in [0.29, 0.717) is 12.0 Å². The highest BCUT2D eigenvalue weighted by atomic mass is 16.1. The van der Waals surface area contributed by atoms with Crippen LogP contribution in [0.2, 0.25) is 0 Å². The number of rotatable bonds is 3. The van der Waals surface area contributed by atoms with Gasteiger partial charge in [0.1, 0.15) is 0 Å². The van der Waals surface area contributed by atoms with Crippen molar-refractivity contribution in [3.05, 3.63) is 0 Å². The molecule has 0 aromatic rings. The number of amides is 1. The van der Waals surface area contributed by atoms with Crippen LogP contribution in [0.3, 0.4) is 0 Å². The Labute approximate surface area is 105 Å². The third kappa shape index (κ3) is 3.98. The Morgan fingerprint density at radius 2 is 2.00 bits per heavy atom. The summed E-state index contributed by atoms with van der Waals surface area (Å²) in [5.41, 5.74) is 0. The van der Waals surface area contributed by atoms with E-state index in [1.54, 1.807) is 6.92 Å². The van der Waals surface area contributed by atoms with Crippen LogP contribution in [-0.2, 0) is 4.79 Å². The van der Waals surface area contributed by atoms with Gasteiger partial charge < -0.3 is 10.2 Å². The van der Waals surface area contributed by atoms with Crippen molar-refractivity contribution in [1.29, 1.82) is 0 Å². The maximum Gasteiger partial charge on any atom is 0.217 e. The number of likely N-dealkylation sites (tertiary alicyclic amines) is 1. The number of hydrogen-bond donors (Lipinski definition) is 1. The zero-order valence-electron chi connectivity index (χ0n) is 11.2.